The van der Waals surface area contributed by atoms with Crippen molar-refractivity contribution in [1.82, 2.24) is 0 Å². The van der Waals surface area contributed by atoms with Crippen LogP contribution in [0.5, 0.6) is 5.75 Å². The van der Waals surface area contributed by atoms with Gasteiger partial charge in [0.05, 0.1) is 5.57 Å². The monoisotopic (exact) mass is 499 g/mol. The number of carbonyl (C=O) groups is 2. The van der Waals surface area contributed by atoms with E-state index in [-0.39, 0.29) is 11.3 Å². The zero-order valence-electron chi connectivity index (χ0n) is 15.1. The first-order valence-electron chi connectivity index (χ1n) is 7.98. The first kappa shape index (κ1) is 23.3. The van der Waals surface area contributed by atoms with Crippen LogP contribution in [0.3, 0.4) is 0 Å². The van der Waals surface area contributed by atoms with Gasteiger partial charge in [0.25, 0.3) is 5.09 Å². The summed E-state index contributed by atoms with van der Waals surface area (Å²) < 4.78 is 59.0. The Balaban J connectivity index is 2.02. The first-order chi connectivity index (χ1) is 14.0. The zero-order valence-corrected chi connectivity index (χ0v) is 16.7. The van der Waals surface area contributed by atoms with Crippen molar-refractivity contribution in [3.63, 3.8) is 0 Å². The fourth-order valence-electron chi connectivity index (χ4n) is 2.35. The molecular weight excluding hydrogens is 487 g/mol. The zero-order chi connectivity index (χ0) is 22.5. The van der Waals surface area contributed by atoms with Crippen LogP contribution in [0.1, 0.15) is 11.1 Å². The number of alkyl halides is 3. The average Bonchev–Trinajstić information content (AvgIpc) is 2.63. The fourth-order valence-corrected chi connectivity index (χ4v) is 2.94. The summed E-state index contributed by atoms with van der Waals surface area (Å²) in [6, 6.07) is 3.02. The summed E-state index contributed by atoms with van der Waals surface area (Å²) in [5, 5.41) is 8.80. The molecule has 0 spiro atoms. The highest BCUT2D eigenvalue weighted by Crippen LogP contribution is 2.40. The number of rotatable bonds is 7. The van der Waals surface area contributed by atoms with Gasteiger partial charge in [-0.15, -0.1) is 10.1 Å². The van der Waals surface area contributed by atoms with Crippen molar-refractivity contribution in [1.29, 1.82) is 0 Å². The van der Waals surface area contributed by atoms with E-state index in [0.717, 1.165) is 6.08 Å². The van der Waals surface area contributed by atoms with Gasteiger partial charge in [-0.2, -0.15) is 13.2 Å². The molecule has 0 aliphatic carbocycles. The predicted molar refractivity (Wildman–Crippen MR) is 93.7 cm³/mol. The van der Waals surface area contributed by atoms with Gasteiger partial charge >= 0.3 is 18.3 Å². The van der Waals surface area contributed by atoms with Crippen molar-refractivity contribution in [2.75, 3.05) is 20.0 Å². The van der Waals surface area contributed by atoms with Gasteiger partial charge in [-0.05, 0) is 30.7 Å². The number of benzene rings is 1. The van der Waals surface area contributed by atoms with Gasteiger partial charge in [-0.1, -0.05) is 15.9 Å². The van der Waals surface area contributed by atoms with Crippen LogP contribution >= 0.6 is 15.9 Å². The lowest BCUT2D eigenvalue weighted by Gasteiger charge is -2.28. The molecule has 30 heavy (non-hydrogen) atoms. The van der Waals surface area contributed by atoms with Crippen LogP contribution in [0.4, 0.5) is 18.0 Å². The minimum absolute atomic E-state index is 0.0335. The minimum Gasteiger partial charge on any atom is -0.475 e. The smallest absolute Gasteiger partial charge is 0.475 e. The molecular formula is C16H13BrF3NO9. The highest BCUT2D eigenvalue weighted by atomic mass is 79.9. The van der Waals surface area contributed by atoms with Crippen molar-refractivity contribution in [2.45, 2.75) is 19.2 Å². The molecule has 1 aliphatic heterocycles. The molecule has 1 aromatic rings. The Kier molecular flexibility index (Phi) is 7.48. The standard InChI is InChI=1S/C16H13BrF3NO9/c1-8-4-10(17)5-9-6-11(13(16(18,19)20)30-12(8)9)14(22)27-7-28-15(23)26-2-3-29-21(24)25/h4-6,13H,2-3,7H2,1H3. The lowest BCUT2D eigenvalue weighted by atomic mass is 9.99. The van der Waals surface area contributed by atoms with Gasteiger partial charge in [-0.25, -0.2) is 9.59 Å². The van der Waals surface area contributed by atoms with Crippen molar-refractivity contribution < 1.29 is 51.6 Å². The number of esters is 1. The largest absolute Gasteiger partial charge is 0.511 e. The van der Waals surface area contributed by atoms with Gasteiger partial charge in [0, 0.05) is 10.0 Å². The van der Waals surface area contributed by atoms with E-state index in [1.54, 1.807) is 13.0 Å². The Morgan fingerprint density at radius 2 is 1.93 bits per heavy atom. The summed E-state index contributed by atoms with van der Waals surface area (Å²) in [6.45, 7) is -0.605. The molecule has 10 nitrogen and oxygen atoms in total. The second-order valence-electron chi connectivity index (χ2n) is 5.63. The number of fused-ring (bicyclic) bond motifs is 1. The van der Waals surface area contributed by atoms with E-state index in [0.29, 0.717) is 10.0 Å². The molecule has 0 aromatic heterocycles. The Labute approximate surface area is 174 Å². The molecule has 1 aromatic carbocycles. The highest BCUT2D eigenvalue weighted by Gasteiger charge is 2.49. The van der Waals surface area contributed by atoms with Crippen LogP contribution in [0.25, 0.3) is 6.08 Å². The average molecular weight is 500 g/mol. The number of nitrogens with zero attached hydrogens (tertiary/aromatic N) is 1. The summed E-state index contributed by atoms with van der Waals surface area (Å²) in [4.78, 5) is 37.1. The molecule has 0 fully saturated rings. The number of halogens is 4. The molecule has 0 radical (unpaired) electrons. The molecule has 2 rings (SSSR count). The lowest BCUT2D eigenvalue weighted by Crippen LogP contribution is -2.41. The Hall–Kier alpha value is -3.03. The summed E-state index contributed by atoms with van der Waals surface area (Å²) in [6.07, 6.45) is -7.90. The van der Waals surface area contributed by atoms with E-state index in [4.69, 9.17) is 4.74 Å². The van der Waals surface area contributed by atoms with Crippen LogP contribution in [0.15, 0.2) is 22.2 Å². The molecule has 1 atom stereocenters. The second kappa shape index (κ2) is 9.65. The van der Waals surface area contributed by atoms with Crippen molar-refractivity contribution in [2.24, 2.45) is 0 Å². The maximum absolute atomic E-state index is 13.4. The molecule has 0 saturated heterocycles. The van der Waals surface area contributed by atoms with Crippen molar-refractivity contribution in [3.05, 3.63) is 43.4 Å². The Morgan fingerprint density at radius 3 is 2.57 bits per heavy atom. The maximum atomic E-state index is 13.4. The first-order valence-corrected chi connectivity index (χ1v) is 8.77. The Bertz CT molecular complexity index is 872. The summed E-state index contributed by atoms with van der Waals surface area (Å²) in [7, 11) is 0. The van der Waals surface area contributed by atoms with Crippen LogP contribution in [0, 0.1) is 17.0 Å². The van der Waals surface area contributed by atoms with Crippen LogP contribution < -0.4 is 4.74 Å². The quantitative estimate of drug-likeness (QED) is 0.182. The number of ether oxygens (including phenoxy) is 4. The summed E-state index contributed by atoms with van der Waals surface area (Å²) in [5.74, 6) is -1.46. The molecule has 14 heteroatoms. The maximum Gasteiger partial charge on any atom is 0.511 e. The summed E-state index contributed by atoms with van der Waals surface area (Å²) >= 11 is 3.20. The van der Waals surface area contributed by atoms with Gasteiger partial charge < -0.3 is 23.8 Å². The van der Waals surface area contributed by atoms with E-state index in [1.165, 1.54) is 6.07 Å². The van der Waals surface area contributed by atoms with E-state index >= 15 is 0 Å². The third kappa shape index (κ3) is 6.23. The normalized spacial score (nSPS) is 15.2. The molecule has 1 unspecified atom stereocenters. The molecule has 1 aliphatic rings. The van der Waals surface area contributed by atoms with Gasteiger partial charge in [0.2, 0.25) is 12.9 Å². The predicted octanol–water partition coefficient (Wildman–Crippen LogP) is 3.33. The SMILES string of the molecule is Cc1cc(Br)cc2c1OC(C(F)(F)F)C(C(=O)OCOC(=O)OCCO[N+](=O)[O-])=C2. The van der Waals surface area contributed by atoms with Crippen LogP contribution in [-0.4, -0.2) is 49.5 Å². The fraction of sp³-hybridized carbons (Fsp3) is 0.375. The number of aryl methyl sites for hydroxylation is 1. The van der Waals surface area contributed by atoms with Gasteiger partial charge in [-0.3, -0.25) is 0 Å². The molecule has 164 valence electrons. The van der Waals surface area contributed by atoms with Crippen LogP contribution in [-0.2, 0) is 23.8 Å². The van der Waals surface area contributed by atoms with E-state index in [9.17, 15) is 32.9 Å². The van der Waals surface area contributed by atoms with Crippen molar-refractivity contribution >= 4 is 34.1 Å². The number of hydrogen-bond acceptors (Lipinski definition) is 9. The molecule has 0 amide bonds. The van der Waals surface area contributed by atoms with Crippen molar-refractivity contribution in [3.8, 4) is 5.75 Å². The third-order valence-electron chi connectivity index (χ3n) is 3.50. The van der Waals surface area contributed by atoms with E-state index < -0.39 is 55.1 Å². The Morgan fingerprint density at radius 1 is 1.23 bits per heavy atom. The molecule has 0 N–H and O–H groups in total. The third-order valence-corrected chi connectivity index (χ3v) is 3.95. The van der Waals surface area contributed by atoms with E-state index in [1.807, 2.05) is 0 Å². The van der Waals surface area contributed by atoms with Crippen LogP contribution in [0.2, 0.25) is 0 Å². The molecule has 0 bridgehead atoms. The second-order valence-corrected chi connectivity index (χ2v) is 6.55. The molecule has 1 heterocycles. The number of hydrogen-bond donors (Lipinski definition) is 0. The van der Waals surface area contributed by atoms with E-state index in [2.05, 4.69) is 35.0 Å². The van der Waals surface area contributed by atoms with Gasteiger partial charge in [0.15, 0.2) is 0 Å². The topological polar surface area (TPSA) is 123 Å². The number of carbonyl (C=O) groups excluding carboxylic acids is 2. The highest BCUT2D eigenvalue weighted by molar-refractivity contribution is 9.10. The molecule has 0 saturated carbocycles. The summed E-state index contributed by atoms with van der Waals surface area (Å²) in [5.41, 5.74) is -0.200. The minimum atomic E-state index is -4.92. The van der Waals surface area contributed by atoms with Gasteiger partial charge in [0.1, 0.15) is 19.0 Å². The lowest BCUT2D eigenvalue weighted by molar-refractivity contribution is -0.757.